The SMILES string of the molecule is Cc1cc(-c2ccc(S(=O)(=O)NCC(C)C)cc2C(=O)O)ccn1. The van der Waals surface area contributed by atoms with Crippen LogP contribution in [0.2, 0.25) is 0 Å². The predicted molar refractivity (Wildman–Crippen MR) is 91.4 cm³/mol. The third kappa shape index (κ3) is 4.18. The van der Waals surface area contributed by atoms with Gasteiger partial charge in [0.1, 0.15) is 0 Å². The molecule has 2 rings (SSSR count). The Morgan fingerprint density at radius 1 is 1.25 bits per heavy atom. The number of aromatic carboxylic acids is 1. The fourth-order valence-electron chi connectivity index (χ4n) is 2.19. The molecule has 0 saturated carbocycles. The third-order valence-electron chi connectivity index (χ3n) is 3.42. The molecule has 2 aromatic rings. The smallest absolute Gasteiger partial charge is 0.336 e. The molecule has 1 aromatic heterocycles. The Morgan fingerprint density at radius 2 is 1.96 bits per heavy atom. The summed E-state index contributed by atoms with van der Waals surface area (Å²) in [4.78, 5) is 15.6. The third-order valence-corrected chi connectivity index (χ3v) is 4.84. The molecular formula is C17H20N2O4S. The highest BCUT2D eigenvalue weighted by atomic mass is 32.2. The van der Waals surface area contributed by atoms with Crippen LogP contribution in [0.4, 0.5) is 0 Å². The number of pyridine rings is 1. The van der Waals surface area contributed by atoms with E-state index in [-0.39, 0.29) is 22.9 Å². The average molecular weight is 348 g/mol. The van der Waals surface area contributed by atoms with Crippen molar-refractivity contribution in [3.63, 3.8) is 0 Å². The van der Waals surface area contributed by atoms with E-state index in [0.29, 0.717) is 11.1 Å². The van der Waals surface area contributed by atoms with E-state index in [0.717, 1.165) is 5.69 Å². The Morgan fingerprint density at radius 3 is 2.54 bits per heavy atom. The lowest BCUT2D eigenvalue weighted by atomic mass is 10.00. The van der Waals surface area contributed by atoms with Gasteiger partial charge < -0.3 is 5.11 Å². The molecule has 0 aliphatic carbocycles. The summed E-state index contributed by atoms with van der Waals surface area (Å²) in [5.74, 6) is -1.03. The molecule has 0 amide bonds. The first-order valence-electron chi connectivity index (χ1n) is 7.51. The maximum absolute atomic E-state index is 12.3. The van der Waals surface area contributed by atoms with Crippen LogP contribution in [0.15, 0.2) is 41.4 Å². The van der Waals surface area contributed by atoms with Crippen LogP contribution >= 0.6 is 0 Å². The number of rotatable bonds is 6. The molecule has 6 nitrogen and oxygen atoms in total. The van der Waals surface area contributed by atoms with E-state index in [2.05, 4.69) is 9.71 Å². The molecule has 128 valence electrons. The number of hydrogen-bond acceptors (Lipinski definition) is 4. The second-order valence-electron chi connectivity index (χ2n) is 5.94. The Bertz CT molecular complexity index is 861. The first-order chi connectivity index (χ1) is 11.2. The van der Waals surface area contributed by atoms with E-state index in [1.54, 1.807) is 25.3 Å². The second-order valence-corrected chi connectivity index (χ2v) is 7.71. The minimum absolute atomic E-state index is 0.0601. The van der Waals surface area contributed by atoms with Gasteiger partial charge in [-0.15, -0.1) is 0 Å². The van der Waals surface area contributed by atoms with Gasteiger partial charge in [-0.1, -0.05) is 19.9 Å². The largest absolute Gasteiger partial charge is 0.478 e. The molecule has 0 aliphatic rings. The lowest BCUT2D eigenvalue weighted by Gasteiger charge is -2.12. The Hall–Kier alpha value is -2.25. The standard InChI is InChI=1S/C17H20N2O4S/c1-11(2)10-19-24(22,23)14-4-5-15(16(9-14)17(20)21)13-6-7-18-12(3)8-13/h4-9,11,19H,10H2,1-3H3,(H,20,21). The molecule has 0 atom stereocenters. The zero-order chi connectivity index (χ0) is 17.9. The van der Waals surface area contributed by atoms with Crippen molar-refractivity contribution in [1.82, 2.24) is 9.71 Å². The highest BCUT2D eigenvalue weighted by molar-refractivity contribution is 7.89. The molecule has 2 N–H and O–H groups in total. The molecule has 0 aliphatic heterocycles. The number of nitrogens with zero attached hydrogens (tertiary/aromatic N) is 1. The summed E-state index contributed by atoms with van der Waals surface area (Å²) in [7, 11) is -3.74. The molecule has 0 radical (unpaired) electrons. The summed E-state index contributed by atoms with van der Waals surface area (Å²) in [6.45, 7) is 5.87. The number of carboxylic acids is 1. The van der Waals surface area contributed by atoms with E-state index in [1.807, 2.05) is 13.8 Å². The molecule has 0 fully saturated rings. The van der Waals surface area contributed by atoms with E-state index in [9.17, 15) is 18.3 Å². The minimum atomic E-state index is -3.74. The van der Waals surface area contributed by atoms with E-state index < -0.39 is 16.0 Å². The number of hydrogen-bond donors (Lipinski definition) is 2. The van der Waals surface area contributed by atoms with Gasteiger partial charge in [-0.2, -0.15) is 0 Å². The number of nitrogens with one attached hydrogen (secondary N) is 1. The van der Waals surface area contributed by atoms with Crippen LogP contribution in [-0.2, 0) is 10.0 Å². The fourth-order valence-corrected chi connectivity index (χ4v) is 3.43. The normalized spacial score (nSPS) is 11.7. The molecule has 1 heterocycles. The second kappa shape index (κ2) is 7.11. The van der Waals surface area contributed by atoms with Crippen LogP contribution in [0.25, 0.3) is 11.1 Å². The van der Waals surface area contributed by atoms with E-state index in [1.165, 1.54) is 18.2 Å². The lowest BCUT2D eigenvalue weighted by Crippen LogP contribution is -2.27. The zero-order valence-corrected chi connectivity index (χ0v) is 14.6. The van der Waals surface area contributed by atoms with E-state index in [4.69, 9.17) is 0 Å². The molecule has 0 spiro atoms. The summed E-state index contributed by atoms with van der Waals surface area (Å²) in [6, 6.07) is 7.57. The Balaban J connectivity index is 2.50. The van der Waals surface area contributed by atoms with Gasteiger partial charge in [-0.3, -0.25) is 4.98 Å². The van der Waals surface area contributed by atoms with Crippen molar-refractivity contribution < 1.29 is 18.3 Å². The molecule has 24 heavy (non-hydrogen) atoms. The number of carboxylic acid groups (broad SMARTS) is 1. The zero-order valence-electron chi connectivity index (χ0n) is 13.8. The van der Waals surface area contributed by atoms with Crippen LogP contribution < -0.4 is 4.72 Å². The van der Waals surface area contributed by atoms with Crippen molar-refractivity contribution >= 4 is 16.0 Å². The topological polar surface area (TPSA) is 96.4 Å². The summed E-state index contributed by atoms with van der Waals surface area (Å²) >= 11 is 0. The average Bonchev–Trinajstić information content (AvgIpc) is 2.52. The monoisotopic (exact) mass is 348 g/mol. The summed E-state index contributed by atoms with van der Waals surface area (Å²) in [5, 5.41) is 9.47. The van der Waals surface area contributed by atoms with Crippen LogP contribution in [0.1, 0.15) is 29.9 Å². The maximum atomic E-state index is 12.3. The van der Waals surface area contributed by atoms with Gasteiger partial charge in [0.2, 0.25) is 10.0 Å². The first-order valence-corrected chi connectivity index (χ1v) is 8.99. The van der Waals surface area contributed by atoms with Crippen molar-refractivity contribution in [3.8, 4) is 11.1 Å². The van der Waals surface area contributed by atoms with Gasteiger partial charge in [0.15, 0.2) is 0 Å². The van der Waals surface area contributed by atoms with Crippen LogP contribution in [0, 0.1) is 12.8 Å². The molecule has 1 aromatic carbocycles. The molecule has 7 heteroatoms. The van der Waals surface area contributed by atoms with Gasteiger partial charge in [0, 0.05) is 18.4 Å². The number of sulfonamides is 1. The highest BCUT2D eigenvalue weighted by Crippen LogP contribution is 2.26. The van der Waals surface area contributed by atoms with Gasteiger partial charge in [-0.25, -0.2) is 17.9 Å². The Kier molecular flexibility index (Phi) is 5.36. The van der Waals surface area contributed by atoms with Gasteiger partial charge in [0.05, 0.1) is 10.5 Å². The van der Waals surface area contributed by atoms with Crippen LogP contribution in [0.5, 0.6) is 0 Å². The Labute approximate surface area is 141 Å². The fraction of sp³-hybridized carbons (Fsp3) is 0.294. The molecule has 0 saturated heterocycles. The molecular weight excluding hydrogens is 328 g/mol. The summed E-state index contributed by atoms with van der Waals surface area (Å²) in [6.07, 6.45) is 1.59. The predicted octanol–water partition coefficient (Wildman–Crippen LogP) is 2.69. The molecule has 0 unspecified atom stereocenters. The van der Waals surface area contributed by atoms with Crippen molar-refractivity contribution in [2.24, 2.45) is 5.92 Å². The number of aromatic nitrogens is 1. The minimum Gasteiger partial charge on any atom is -0.478 e. The van der Waals surface area contributed by atoms with Gasteiger partial charge in [0.25, 0.3) is 0 Å². The highest BCUT2D eigenvalue weighted by Gasteiger charge is 2.19. The van der Waals surface area contributed by atoms with Gasteiger partial charge in [-0.05, 0) is 48.2 Å². The summed E-state index contributed by atoms with van der Waals surface area (Å²) in [5.41, 5.74) is 1.82. The van der Waals surface area contributed by atoms with Crippen LogP contribution in [-0.4, -0.2) is 31.0 Å². The van der Waals surface area contributed by atoms with Crippen molar-refractivity contribution in [2.45, 2.75) is 25.7 Å². The van der Waals surface area contributed by atoms with Crippen molar-refractivity contribution in [2.75, 3.05) is 6.54 Å². The number of benzene rings is 1. The summed E-state index contributed by atoms with van der Waals surface area (Å²) < 4.78 is 27.1. The van der Waals surface area contributed by atoms with Gasteiger partial charge >= 0.3 is 5.97 Å². The van der Waals surface area contributed by atoms with E-state index >= 15 is 0 Å². The maximum Gasteiger partial charge on any atom is 0.336 e. The number of carbonyl (C=O) groups is 1. The lowest BCUT2D eigenvalue weighted by molar-refractivity contribution is 0.0697. The first kappa shape index (κ1) is 18.1. The number of aryl methyl sites for hydroxylation is 1. The van der Waals surface area contributed by atoms with Crippen molar-refractivity contribution in [3.05, 3.63) is 47.8 Å². The quantitative estimate of drug-likeness (QED) is 0.836. The van der Waals surface area contributed by atoms with Crippen LogP contribution in [0.3, 0.4) is 0 Å². The van der Waals surface area contributed by atoms with Crippen molar-refractivity contribution in [1.29, 1.82) is 0 Å². The molecule has 0 bridgehead atoms.